The van der Waals surface area contributed by atoms with Crippen molar-refractivity contribution >= 4 is 27.5 Å². The molecule has 0 aromatic heterocycles. The monoisotopic (exact) mass is 287 g/mol. The number of halogens is 2. The molecule has 1 aliphatic rings. The highest BCUT2D eigenvalue weighted by Crippen LogP contribution is 2.31. The lowest BCUT2D eigenvalue weighted by molar-refractivity contribution is 0.0241. The predicted molar refractivity (Wildman–Crippen MR) is 68.2 cm³/mol. The number of likely N-dealkylation sites (tertiary alicyclic amines) is 1. The number of hydrogen-bond acceptors (Lipinski definition) is 1. The van der Waals surface area contributed by atoms with Gasteiger partial charge < -0.3 is 0 Å². The molecule has 0 spiro atoms. The maximum Gasteiger partial charge on any atom is 0.0410 e. The molecule has 82 valence electrons. The van der Waals surface area contributed by atoms with E-state index in [1.165, 1.54) is 18.7 Å². The van der Waals surface area contributed by atoms with Crippen LogP contribution < -0.4 is 0 Å². The molecule has 0 radical (unpaired) electrons. The molecule has 2 rings (SSSR count). The van der Waals surface area contributed by atoms with Crippen molar-refractivity contribution in [1.29, 1.82) is 0 Å². The first-order chi connectivity index (χ1) is 6.96. The van der Waals surface area contributed by atoms with Crippen molar-refractivity contribution in [2.45, 2.75) is 20.4 Å². The summed E-state index contributed by atoms with van der Waals surface area (Å²) in [4.78, 5) is 2.44. The average molecular weight is 289 g/mol. The van der Waals surface area contributed by atoms with Gasteiger partial charge in [-0.05, 0) is 29.2 Å². The molecule has 15 heavy (non-hydrogen) atoms. The Morgan fingerprint density at radius 3 is 2.67 bits per heavy atom. The molecule has 1 aromatic rings. The first kappa shape index (κ1) is 11.4. The van der Waals surface area contributed by atoms with Crippen LogP contribution >= 0.6 is 27.5 Å². The molecule has 1 fully saturated rings. The molecule has 0 atom stereocenters. The zero-order valence-electron chi connectivity index (χ0n) is 9.06. The van der Waals surface area contributed by atoms with Crippen LogP contribution in [-0.2, 0) is 6.54 Å². The smallest absolute Gasteiger partial charge is 0.0410 e. The number of rotatable bonds is 2. The topological polar surface area (TPSA) is 3.24 Å². The Morgan fingerprint density at radius 2 is 2.07 bits per heavy atom. The van der Waals surface area contributed by atoms with Gasteiger partial charge in [0, 0.05) is 29.1 Å². The molecule has 1 heterocycles. The van der Waals surface area contributed by atoms with E-state index in [4.69, 9.17) is 11.6 Å². The first-order valence-electron chi connectivity index (χ1n) is 5.13. The van der Waals surface area contributed by atoms with E-state index >= 15 is 0 Å². The van der Waals surface area contributed by atoms with Gasteiger partial charge in [-0.2, -0.15) is 0 Å². The van der Waals surface area contributed by atoms with Crippen LogP contribution in [0.15, 0.2) is 22.7 Å². The zero-order chi connectivity index (χ0) is 11.1. The Morgan fingerprint density at radius 1 is 1.40 bits per heavy atom. The Bertz CT molecular complexity index is 368. The summed E-state index contributed by atoms with van der Waals surface area (Å²) >= 11 is 9.53. The standard InChI is InChI=1S/C12H15BrClN/c1-12(2)7-15(8-12)6-9-5-10(14)3-4-11(9)13/h3-5H,6-8H2,1-2H3. The third kappa shape index (κ3) is 2.74. The normalized spacial score (nSPS) is 20.0. The lowest BCUT2D eigenvalue weighted by Crippen LogP contribution is -2.52. The van der Waals surface area contributed by atoms with E-state index in [1.54, 1.807) is 0 Å². The summed E-state index contributed by atoms with van der Waals surface area (Å²) in [7, 11) is 0. The summed E-state index contributed by atoms with van der Waals surface area (Å²) in [6.07, 6.45) is 0. The zero-order valence-corrected chi connectivity index (χ0v) is 11.4. The Hall–Kier alpha value is -0.0500. The fourth-order valence-corrected chi connectivity index (χ4v) is 2.75. The van der Waals surface area contributed by atoms with Crippen LogP contribution in [0.3, 0.4) is 0 Å². The molecule has 0 bridgehead atoms. The van der Waals surface area contributed by atoms with Gasteiger partial charge in [0.2, 0.25) is 0 Å². The van der Waals surface area contributed by atoms with Gasteiger partial charge in [0.15, 0.2) is 0 Å². The van der Waals surface area contributed by atoms with Crippen molar-refractivity contribution in [3.8, 4) is 0 Å². The van der Waals surface area contributed by atoms with Crippen LogP contribution in [0, 0.1) is 5.41 Å². The number of nitrogens with zero attached hydrogens (tertiary/aromatic N) is 1. The molecule has 0 N–H and O–H groups in total. The quantitative estimate of drug-likeness (QED) is 0.796. The fraction of sp³-hybridized carbons (Fsp3) is 0.500. The van der Waals surface area contributed by atoms with Crippen LogP contribution in [0.2, 0.25) is 5.02 Å². The average Bonchev–Trinajstić information content (AvgIpc) is 2.08. The molecule has 1 aromatic carbocycles. The van der Waals surface area contributed by atoms with Gasteiger partial charge in [-0.1, -0.05) is 41.4 Å². The Kier molecular flexibility index (Phi) is 3.11. The highest BCUT2D eigenvalue weighted by atomic mass is 79.9. The number of hydrogen-bond donors (Lipinski definition) is 0. The molecule has 1 saturated heterocycles. The second kappa shape index (κ2) is 4.08. The largest absolute Gasteiger partial charge is 0.298 e. The van der Waals surface area contributed by atoms with Crippen LogP contribution in [0.25, 0.3) is 0 Å². The number of benzene rings is 1. The molecule has 0 amide bonds. The van der Waals surface area contributed by atoms with Crippen LogP contribution in [0.1, 0.15) is 19.4 Å². The fourth-order valence-electron chi connectivity index (χ4n) is 2.18. The van der Waals surface area contributed by atoms with E-state index in [-0.39, 0.29) is 0 Å². The molecular weight excluding hydrogens is 273 g/mol. The molecule has 0 unspecified atom stereocenters. The van der Waals surface area contributed by atoms with Gasteiger partial charge in [0.1, 0.15) is 0 Å². The van der Waals surface area contributed by atoms with Gasteiger partial charge in [0.05, 0.1) is 0 Å². The maximum atomic E-state index is 5.98. The van der Waals surface area contributed by atoms with Crippen molar-refractivity contribution in [2.75, 3.05) is 13.1 Å². The highest BCUT2D eigenvalue weighted by molar-refractivity contribution is 9.10. The van der Waals surface area contributed by atoms with E-state index in [1.807, 2.05) is 18.2 Å². The highest BCUT2D eigenvalue weighted by Gasteiger charge is 2.33. The predicted octanol–water partition coefficient (Wildman–Crippen LogP) is 3.94. The minimum Gasteiger partial charge on any atom is -0.298 e. The molecule has 0 saturated carbocycles. The third-order valence-corrected chi connectivity index (χ3v) is 3.71. The molecule has 3 heteroatoms. The Labute approximate surface area is 105 Å². The van der Waals surface area contributed by atoms with Gasteiger partial charge in [-0.15, -0.1) is 0 Å². The summed E-state index contributed by atoms with van der Waals surface area (Å²) in [5.41, 5.74) is 1.77. The maximum absolute atomic E-state index is 5.98. The minimum absolute atomic E-state index is 0.491. The molecule has 0 aliphatic carbocycles. The van der Waals surface area contributed by atoms with E-state index in [0.717, 1.165) is 16.0 Å². The molecule has 1 aliphatic heterocycles. The third-order valence-electron chi connectivity index (χ3n) is 2.70. The van der Waals surface area contributed by atoms with Gasteiger partial charge in [-0.3, -0.25) is 4.90 Å². The summed E-state index contributed by atoms with van der Waals surface area (Å²) in [5.74, 6) is 0. The van der Waals surface area contributed by atoms with Crippen LogP contribution in [-0.4, -0.2) is 18.0 Å². The summed E-state index contributed by atoms with van der Waals surface area (Å²) in [5, 5.41) is 0.813. The SMILES string of the molecule is CC1(C)CN(Cc2cc(Cl)ccc2Br)C1. The second-order valence-electron chi connectivity index (χ2n) is 5.05. The van der Waals surface area contributed by atoms with Gasteiger partial charge in [-0.25, -0.2) is 0 Å². The summed E-state index contributed by atoms with van der Waals surface area (Å²) < 4.78 is 1.15. The minimum atomic E-state index is 0.491. The van der Waals surface area contributed by atoms with E-state index in [0.29, 0.717) is 5.41 Å². The lowest BCUT2D eigenvalue weighted by Gasteiger charge is -2.46. The van der Waals surface area contributed by atoms with Crippen LogP contribution in [0.5, 0.6) is 0 Å². The van der Waals surface area contributed by atoms with Gasteiger partial charge >= 0.3 is 0 Å². The van der Waals surface area contributed by atoms with E-state index in [9.17, 15) is 0 Å². The lowest BCUT2D eigenvalue weighted by atomic mass is 9.84. The van der Waals surface area contributed by atoms with Crippen LogP contribution in [0.4, 0.5) is 0 Å². The van der Waals surface area contributed by atoms with Gasteiger partial charge in [0.25, 0.3) is 0 Å². The van der Waals surface area contributed by atoms with Crippen molar-refractivity contribution < 1.29 is 0 Å². The first-order valence-corrected chi connectivity index (χ1v) is 6.30. The molecular formula is C12H15BrClN. The van der Waals surface area contributed by atoms with Crippen molar-refractivity contribution in [2.24, 2.45) is 5.41 Å². The van der Waals surface area contributed by atoms with Crippen molar-refractivity contribution in [3.05, 3.63) is 33.3 Å². The van der Waals surface area contributed by atoms with E-state index in [2.05, 4.69) is 34.7 Å². The van der Waals surface area contributed by atoms with Crippen molar-refractivity contribution in [1.82, 2.24) is 4.90 Å². The van der Waals surface area contributed by atoms with Crippen molar-refractivity contribution in [3.63, 3.8) is 0 Å². The second-order valence-corrected chi connectivity index (χ2v) is 6.34. The summed E-state index contributed by atoms with van der Waals surface area (Å²) in [6, 6.07) is 5.97. The molecule has 1 nitrogen and oxygen atoms in total. The summed E-state index contributed by atoms with van der Waals surface area (Å²) in [6.45, 7) is 7.94. The van der Waals surface area contributed by atoms with E-state index < -0.39 is 0 Å². The Balaban J connectivity index is 2.03.